The van der Waals surface area contributed by atoms with Crippen molar-refractivity contribution in [1.82, 2.24) is 0 Å². The Morgan fingerprint density at radius 1 is 1.10 bits per heavy atom. The summed E-state index contributed by atoms with van der Waals surface area (Å²) in [6.45, 7) is 2.16. The standard InChI is InChI=1S/C15H24O5S/c1-2-3-4-5-6-7-12-15(16)20-13-10-8-9-11-14(13)21(17,18)19/h8-11,15-16H,2-7,12H2,1H3,(H,17,18,19). The van der Waals surface area contributed by atoms with Gasteiger partial charge in [0.2, 0.25) is 0 Å². The quantitative estimate of drug-likeness (QED) is 0.393. The van der Waals surface area contributed by atoms with E-state index in [1.807, 2.05) is 0 Å². The molecule has 0 heterocycles. The van der Waals surface area contributed by atoms with Gasteiger partial charge in [0.25, 0.3) is 10.1 Å². The van der Waals surface area contributed by atoms with E-state index >= 15 is 0 Å². The van der Waals surface area contributed by atoms with Gasteiger partial charge in [-0.2, -0.15) is 8.42 Å². The summed E-state index contributed by atoms with van der Waals surface area (Å²) < 4.78 is 36.7. The van der Waals surface area contributed by atoms with Crippen molar-refractivity contribution in [2.75, 3.05) is 0 Å². The van der Waals surface area contributed by atoms with Gasteiger partial charge < -0.3 is 9.84 Å². The first-order chi connectivity index (χ1) is 9.95. The van der Waals surface area contributed by atoms with E-state index in [0.717, 1.165) is 19.3 Å². The van der Waals surface area contributed by atoms with Gasteiger partial charge in [0, 0.05) is 6.42 Å². The number of unbranched alkanes of at least 4 members (excludes halogenated alkanes) is 5. The molecule has 120 valence electrons. The summed E-state index contributed by atoms with van der Waals surface area (Å²) in [6, 6.07) is 5.72. The van der Waals surface area contributed by atoms with Crippen molar-refractivity contribution in [3.8, 4) is 5.75 Å². The Hall–Kier alpha value is -1.11. The van der Waals surface area contributed by atoms with Crippen LogP contribution in [-0.4, -0.2) is 24.4 Å². The maximum absolute atomic E-state index is 11.2. The third-order valence-corrected chi connectivity index (χ3v) is 4.09. The van der Waals surface area contributed by atoms with Gasteiger partial charge >= 0.3 is 0 Å². The molecule has 2 N–H and O–H groups in total. The summed E-state index contributed by atoms with van der Waals surface area (Å²) in [7, 11) is -4.35. The van der Waals surface area contributed by atoms with E-state index in [2.05, 4.69) is 6.92 Å². The molecule has 6 heteroatoms. The van der Waals surface area contributed by atoms with Crippen LogP contribution in [0.3, 0.4) is 0 Å². The molecule has 21 heavy (non-hydrogen) atoms. The van der Waals surface area contributed by atoms with Crippen LogP contribution in [0.25, 0.3) is 0 Å². The Labute approximate surface area is 126 Å². The second-order valence-corrected chi connectivity index (χ2v) is 6.44. The molecule has 1 atom stereocenters. The van der Waals surface area contributed by atoms with E-state index in [1.54, 1.807) is 6.07 Å². The van der Waals surface area contributed by atoms with Crippen LogP contribution in [0.1, 0.15) is 51.9 Å². The molecular weight excluding hydrogens is 292 g/mol. The molecule has 0 radical (unpaired) electrons. The molecule has 5 nitrogen and oxygen atoms in total. The monoisotopic (exact) mass is 316 g/mol. The Kier molecular flexibility index (Phi) is 7.71. The van der Waals surface area contributed by atoms with E-state index in [-0.39, 0.29) is 10.6 Å². The van der Waals surface area contributed by atoms with Crippen molar-refractivity contribution >= 4 is 10.1 Å². The minimum Gasteiger partial charge on any atom is -0.464 e. The molecule has 1 unspecified atom stereocenters. The maximum atomic E-state index is 11.2. The minimum absolute atomic E-state index is 0.0292. The summed E-state index contributed by atoms with van der Waals surface area (Å²) in [6.07, 6.45) is 5.94. The summed E-state index contributed by atoms with van der Waals surface area (Å²) >= 11 is 0. The van der Waals surface area contributed by atoms with Gasteiger partial charge in [-0.15, -0.1) is 0 Å². The average Bonchev–Trinajstić information content (AvgIpc) is 2.42. The highest BCUT2D eigenvalue weighted by Crippen LogP contribution is 2.24. The molecule has 1 rings (SSSR count). The highest BCUT2D eigenvalue weighted by atomic mass is 32.2. The predicted octanol–water partition coefficient (Wildman–Crippen LogP) is 3.38. The van der Waals surface area contributed by atoms with Crippen LogP contribution in [0.15, 0.2) is 29.2 Å². The third-order valence-electron chi connectivity index (χ3n) is 3.19. The lowest BCUT2D eigenvalue weighted by Gasteiger charge is -2.15. The van der Waals surface area contributed by atoms with Crippen LogP contribution < -0.4 is 4.74 Å². The molecule has 0 saturated heterocycles. The molecule has 0 fully saturated rings. The van der Waals surface area contributed by atoms with Crippen molar-refractivity contribution in [3.63, 3.8) is 0 Å². The number of hydrogen-bond acceptors (Lipinski definition) is 4. The molecular formula is C15H24O5S. The van der Waals surface area contributed by atoms with Gasteiger partial charge in [-0.05, 0) is 18.6 Å². The number of hydrogen-bond donors (Lipinski definition) is 2. The molecule has 0 aliphatic rings. The Balaban J connectivity index is 2.43. The van der Waals surface area contributed by atoms with Crippen molar-refractivity contribution in [2.24, 2.45) is 0 Å². The summed E-state index contributed by atoms with van der Waals surface area (Å²) in [5, 5.41) is 9.80. The zero-order valence-corrected chi connectivity index (χ0v) is 13.2. The molecule has 0 saturated carbocycles. The summed E-state index contributed by atoms with van der Waals surface area (Å²) in [4.78, 5) is -0.327. The van der Waals surface area contributed by atoms with Gasteiger partial charge in [-0.1, -0.05) is 51.2 Å². The molecule has 0 amide bonds. The Morgan fingerprint density at radius 3 is 2.38 bits per heavy atom. The molecule has 0 spiro atoms. The lowest BCUT2D eigenvalue weighted by molar-refractivity contribution is -0.0266. The Bertz CT molecular complexity index is 513. The van der Waals surface area contributed by atoms with Crippen molar-refractivity contribution in [1.29, 1.82) is 0 Å². The zero-order chi connectivity index (χ0) is 15.7. The fourth-order valence-corrected chi connectivity index (χ4v) is 2.69. The normalized spacial score (nSPS) is 13.1. The molecule has 0 bridgehead atoms. The number of para-hydroxylation sites is 1. The van der Waals surface area contributed by atoms with Crippen LogP contribution in [-0.2, 0) is 10.1 Å². The number of rotatable bonds is 10. The van der Waals surface area contributed by atoms with E-state index < -0.39 is 16.4 Å². The van der Waals surface area contributed by atoms with Gasteiger partial charge in [0.05, 0.1) is 0 Å². The third kappa shape index (κ3) is 6.93. The van der Waals surface area contributed by atoms with Crippen molar-refractivity contribution < 1.29 is 22.8 Å². The highest BCUT2D eigenvalue weighted by molar-refractivity contribution is 7.86. The first-order valence-corrected chi connectivity index (χ1v) is 8.80. The fraction of sp³-hybridized carbons (Fsp3) is 0.600. The molecule has 0 aliphatic carbocycles. The molecule has 1 aromatic carbocycles. The fourth-order valence-electron chi connectivity index (χ4n) is 2.07. The summed E-state index contributed by atoms with van der Waals surface area (Å²) in [5.74, 6) is -0.0292. The topological polar surface area (TPSA) is 83.8 Å². The number of ether oxygens (including phenoxy) is 1. The lowest BCUT2D eigenvalue weighted by atomic mass is 10.1. The van der Waals surface area contributed by atoms with Crippen LogP contribution in [0.2, 0.25) is 0 Å². The molecule has 1 aromatic rings. The number of benzene rings is 1. The first kappa shape index (κ1) is 17.9. The van der Waals surface area contributed by atoms with E-state index in [1.165, 1.54) is 37.5 Å². The van der Waals surface area contributed by atoms with Gasteiger partial charge in [-0.25, -0.2) is 0 Å². The molecule has 0 aliphatic heterocycles. The minimum atomic E-state index is -4.35. The number of aliphatic hydroxyl groups excluding tert-OH is 1. The van der Waals surface area contributed by atoms with Gasteiger partial charge in [-0.3, -0.25) is 4.55 Å². The molecule has 0 aromatic heterocycles. The largest absolute Gasteiger partial charge is 0.464 e. The SMILES string of the molecule is CCCCCCCCC(O)Oc1ccccc1S(=O)(=O)O. The van der Waals surface area contributed by atoms with E-state index in [4.69, 9.17) is 9.29 Å². The predicted molar refractivity (Wildman–Crippen MR) is 80.9 cm³/mol. The van der Waals surface area contributed by atoms with Crippen LogP contribution in [0, 0.1) is 0 Å². The van der Waals surface area contributed by atoms with Crippen molar-refractivity contribution in [2.45, 2.75) is 63.1 Å². The van der Waals surface area contributed by atoms with Crippen LogP contribution >= 0.6 is 0 Å². The second-order valence-electron chi connectivity index (χ2n) is 5.05. The van der Waals surface area contributed by atoms with Gasteiger partial charge in [0.1, 0.15) is 10.6 Å². The maximum Gasteiger partial charge on any atom is 0.298 e. The van der Waals surface area contributed by atoms with E-state index in [9.17, 15) is 13.5 Å². The van der Waals surface area contributed by atoms with Crippen molar-refractivity contribution in [3.05, 3.63) is 24.3 Å². The zero-order valence-electron chi connectivity index (χ0n) is 12.4. The summed E-state index contributed by atoms with van der Waals surface area (Å²) in [5.41, 5.74) is 0. The average molecular weight is 316 g/mol. The smallest absolute Gasteiger partial charge is 0.298 e. The second kappa shape index (κ2) is 9.02. The van der Waals surface area contributed by atoms with E-state index in [0.29, 0.717) is 6.42 Å². The number of aliphatic hydroxyl groups is 1. The van der Waals surface area contributed by atoms with Crippen LogP contribution in [0.4, 0.5) is 0 Å². The Morgan fingerprint density at radius 2 is 1.71 bits per heavy atom. The lowest BCUT2D eigenvalue weighted by Crippen LogP contribution is -2.17. The first-order valence-electron chi connectivity index (χ1n) is 7.36. The van der Waals surface area contributed by atoms with Crippen LogP contribution in [0.5, 0.6) is 5.75 Å². The van der Waals surface area contributed by atoms with Gasteiger partial charge in [0.15, 0.2) is 6.29 Å². The highest BCUT2D eigenvalue weighted by Gasteiger charge is 2.18.